The Kier molecular flexibility index (Phi) is 6.32. The van der Waals surface area contributed by atoms with Gasteiger partial charge in [-0.3, -0.25) is 14.9 Å². The monoisotopic (exact) mass is 451 g/mol. The molecule has 164 valence electrons. The second kappa shape index (κ2) is 9.32. The number of aromatic nitrogens is 2. The molecule has 1 saturated heterocycles. The van der Waals surface area contributed by atoms with Gasteiger partial charge in [0.25, 0.3) is 11.6 Å². The zero-order chi connectivity index (χ0) is 22.7. The molecule has 1 aromatic heterocycles. The lowest BCUT2D eigenvalue weighted by Gasteiger charge is -2.30. The van der Waals surface area contributed by atoms with Crippen LogP contribution < -0.4 is 10.2 Å². The third-order valence-electron chi connectivity index (χ3n) is 5.60. The molecule has 4 rings (SSSR count). The summed E-state index contributed by atoms with van der Waals surface area (Å²) >= 11 is 5.80. The van der Waals surface area contributed by atoms with Gasteiger partial charge in [-0.05, 0) is 55.2 Å². The lowest BCUT2D eigenvalue weighted by atomic mass is 9.99. The van der Waals surface area contributed by atoms with E-state index in [9.17, 15) is 14.9 Å². The standard InChI is InChI=1S/C23H22ClN5O3/c1-15-10-12-28(13-11-15)22-9-8-20(26-27-22)16-2-5-18(6-3-16)25-23(30)17-4-7-19(24)21(14-17)29(31)32/h2-9,14-15H,10-13H2,1H3,(H,25,30). The number of nitro groups is 1. The van der Waals surface area contributed by atoms with Crippen molar-refractivity contribution in [1.82, 2.24) is 10.2 Å². The highest BCUT2D eigenvalue weighted by Crippen LogP contribution is 2.26. The van der Waals surface area contributed by atoms with E-state index in [0.717, 1.165) is 42.1 Å². The number of nitrogens with one attached hydrogen (secondary N) is 1. The van der Waals surface area contributed by atoms with Crippen LogP contribution in [0.5, 0.6) is 0 Å². The van der Waals surface area contributed by atoms with Gasteiger partial charge in [0.15, 0.2) is 5.82 Å². The number of nitro benzene ring substituents is 1. The Bertz CT molecular complexity index is 1130. The minimum atomic E-state index is -0.619. The van der Waals surface area contributed by atoms with Crippen LogP contribution in [0, 0.1) is 16.0 Å². The van der Waals surface area contributed by atoms with Crippen molar-refractivity contribution in [3.63, 3.8) is 0 Å². The highest BCUT2D eigenvalue weighted by molar-refractivity contribution is 6.32. The first-order valence-electron chi connectivity index (χ1n) is 10.3. The van der Waals surface area contributed by atoms with Crippen molar-refractivity contribution in [2.24, 2.45) is 5.92 Å². The third kappa shape index (κ3) is 4.86. The molecule has 2 heterocycles. The molecule has 1 aliphatic heterocycles. The fourth-order valence-corrected chi connectivity index (χ4v) is 3.79. The van der Waals surface area contributed by atoms with Crippen LogP contribution in [0.4, 0.5) is 17.2 Å². The summed E-state index contributed by atoms with van der Waals surface area (Å²) in [5.41, 5.74) is 2.01. The number of benzene rings is 2. The summed E-state index contributed by atoms with van der Waals surface area (Å²) in [4.78, 5) is 25.1. The lowest BCUT2D eigenvalue weighted by molar-refractivity contribution is -0.384. The van der Waals surface area contributed by atoms with Crippen LogP contribution in [-0.2, 0) is 0 Å². The van der Waals surface area contributed by atoms with Crippen molar-refractivity contribution in [2.45, 2.75) is 19.8 Å². The van der Waals surface area contributed by atoms with Crippen LogP contribution in [0.2, 0.25) is 5.02 Å². The van der Waals surface area contributed by atoms with Crippen LogP contribution in [0.1, 0.15) is 30.1 Å². The summed E-state index contributed by atoms with van der Waals surface area (Å²) in [6, 6.07) is 15.1. The van der Waals surface area contributed by atoms with Gasteiger partial charge in [0, 0.05) is 36.0 Å². The van der Waals surface area contributed by atoms with Crippen LogP contribution >= 0.6 is 11.6 Å². The van der Waals surface area contributed by atoms with E-state index in [1.54, 1.807) is 12.1 Å². The molecule has 32 heavy (non-hydrogen) atoms. The average Bonchev–Trinajstić information content (AvgIpc) is 2.80. The van der Waals surface area contributed by atoms with Gasteiger partial charge < -0.3 is 10.2 Å². The molecule has 9 heteroatoms. The van der Waals surface area contributed by atoms with Crippen LogP contribution in [0.25, 0.3) is 11.3 Å². The van der Waals surface area contributed by atoms with Crippen molar-refractivity contribution < 1.29 is 9.72 Å². The molecule has 8 nitrogen and oxygen atoms in total. The molecule has 0 radical (unpaired) electrons. The number of halogens is 1. The number of carbonyl (C=O) groups excluding carboxylic acids is 1. The molecule has 1 amide bonds. The maximum Gasteiger partial charge on any atom is 0.288 e. The van der Waals surface area contributed by atoms with Crippen molar-refractivity contribution in [1.29, 1.82) is 0 Å². The highest BCUT2D eigenvalue weighted by Gasteiger charge is 2.18. The van der Waals surface area contributed by atoms with Crippen molar-refractivity contribution in [3.8, 4) is 11.3 Å². The predicted octanol–water partition coefficient (Wildman–Crippen LogP) is 5.19. The van der Waals surface area contributed by atoms with Gasteiger partial charge in [0.1, 0.15) is 5.02 Å². The molecule has 1 aliphatic rings. The molecule has 2 aromatic carbocycles. The highest BCUT2D eigenvalue weighted by atomic mass is 35.5. The maximum absolute atomic E-state index is 12.5. The molecule has 0 spiro atoms. The molecule has 0 aliphatic carbocycles. The van der Waals surface area contributed by atoms with E-state index in [-0.39, 0.29) is 16.3 Å². The van der Waals surface area contributed by atoms with Gasteiger partial charge in [-0.1, -0.05) is 30.7 Å². The molecule has 0 bridgehead atoms. The van der Waals surface area contributed by atoms with Gasteiger partial charge in [-0.2, -0.15) is 0 Å². The number of piperidine rings is 1. The van der Waals surface area contributed by atoms with Crippen molar-refractivity contribution >= 4 is 34.7 Å². The summed E-state index contributed by atoms with van der Waals surface area (Å²) < 4.78 is 0. The molecular weight excluding hydrogens is 430 g/mol. The average molecular weight is 452 g/mol. The van der Waals surface area contributed by atoms with E-state index in [1.165, 1.54) is 25.0 Å². The van der Waals surface area contributed by atoms with Gasteiger partial charge in [0.05, 0.1) is 10.6 Å². The molecule has 1 fully saturated rings. The molecular formula is C23H22ClN5O3. The quantitative estimate of drug-likeness (QED) is 0.423. The van der Waals surface area contributed by atoms with E-state index in [4.69, 9.17) is 11.6 Å². The lowest BCUT2D eigenvalue weighted by Crippen LogP contribution is -2.33. The van der Waals surface area contributed by atoms with Gasteiger partial charge in [-0.25, -0.2) is 0 Å². The molecule has 3 aromatic rings. The SMILES string of the molecule is CC1CCN(c2ccc(-c3ccc(NC(=O)c4ccc(Cl)c([N+](=O)[O-])c4)cc3)nn2)CC1. The van der Waals surface area contributed by atoms with Crippen LogP contribution in [-0.4, -0.2) is 34.1 Å². The Balaban J connectivity index is 1.42. The zero-order valence-corrected chi connectivity index (χ0v) is 18.2. The second-order valence-electron chi connectivity index (χ2n) is 7.90. The smallest absolute Gasteiger partial charge is 0.288 e. The number of anilines is 2. The molecule has 0 atom stereocenters. The van der Waals surface area contributed by atoms with Crippen molar-refractivity contribution in [3.05, 3.63) is 75.3 Å². The number of rotatable bonds is 5. The fourth-order valence-electron chi connectivity index (χ4n) is 3.61. The number of hydrogen-bond acceptors (Lipinski definition) is 6. The Morgan fingerprint density at radius 1 is 1.09 bits per heavy atom. The third-order valence-corrected chi connectivity index (χ3v) is 5.92. The minimum absolute atomic E-state index is 0.0159. The summed E-state index contributed by atoms with van der Waals surface area (Å²) in [6.07, 6.45) is 2.33. The maximum atomic E-state index is 12.5. The van der Waals surface area contributed by atoms with Gasteiger partial charge >= 0.3 is 0 Å². The summed E-state index contributed by atoms with van der Waals surface area (Å²) in [5.74, 6) is 1.19. The predicted molar refractivity (Wildman–Crippen MR) is 124 cm³/mol. The topological polar surface area (TPSA) is 101 Å². The van der Waals surface area contributed by atoms with E-state index in [0.29, 0.717) is 5.69 Å². The largest absolute Gasteiger partial charge is 0.355 e. The van der Waals surface area contributed by atoms with E-state index < -0.39 is 10.8 Å². The van der Waals surface area contributed by atoms with Crippen molar-refractivity contribution in [2.75, 3.05) is 23.3 Å². The summed E-state index contributed by atoms with van der Waals surface area (Å²) in [5, 5.41) is 22.5. The van der Waals surface area contributed by atoms with E-state index in [1.807, 2.05) is 24.3 Å². The normalized spacial score (nSPS) is 14.2. The number of hydrogen-bond donors (Lipinski definition) is 1. The second-order valence-corrected chi connectivity index (χ2v) is 8.31. The first kappa shape index (κ1) is 21.7. The first-order chi connectivity index (χ1) is 15.4. The van der Waals surface area contributed by atoms with E-state index >= 15 is 0 Å². The fraction of sp³-hybridized carbons (Fsp3) is 0.261. The Morgan fingerprint density at radius 2 is 1.81 bits per heavy atom. The molecule has 0 unspecified atom stereocenters. The zero-order valence-electron chi connectivity index (χ0n) is 17.5. The van der Waals surface area contributed by atoms with Crippen LogP contribution in [0.3, 0.4) is 0 Å². The molecule has 0 saturated carbocycles. The summed E-state index contributed by atoms with van der Waals surface area (Å²) in [6.45, 7) is 4.28. The number of nitrogens with zero attached hydrogens (tertiary/aromatic N) is 4. The van der Waals surface area contributed by atoms with Crippen LogP contribution in [0.15, 0.2) is 54.6 Å². The Hall–Kier alpha value is -3.52. The van der Waals surface area contributed by atoms with Gasteiger partial charge in [0.2, 0.25) is 0 Å². The van der Waals surface area contributed by atoms with Gasteiger partial charge in [-0.15, -0.1) is 10.2 Å². The Labute approximate surface area is 190 Å². The number of amides is 1. The summed E-state index contributed by atoms with van der Waals surface area (Å²) in [7, 11) is 0. The minimum Gasteiger partial charge on any atom is -0.355 e. The molecule has 1 N–H and O–H groups in total. The first-order valence-corrected chi connectivity index (χ1v) is 10.7. The number of carbonyl (C=O) groups is 1. The van der Waals surface area contributed by atoms with E-state index in [2.05, 4.69) is 27.3 Å². The Morgan fingerprint density at radius 3 is 2.44 bits per heavy atom.